The summed E-state index contributed by atoms with van der Waals surface area (Å²) < 4.78 is 52.1. The van der Waals surface area contributed by atoms with E-state index in [1.165, 1.54) is 38.4 Å². The van der Waals surface area contributed by atoms with Crippen molar-refractivity contribution >= 4 is 21.8 Å². The van der Waals surface area contributed by atoms with Gasteiger partial charge in [-0.2, -0.15) is 0 Å². The van der Waals surface area contributed by atoms with Gasteiger partial charge in [-0.25, -0.2) is 22.3 Å². The van der Waals surface area contributed by atoms with Gasteiger partial charge in [0.25, 0.3) is 0 Å². The van der Waals surface area contributed by atoms with Crippen LogP contribution in [0.3, 0.4) is 0 Å². The highest BCUT2D eigenvalue weighted by atomic mass is 32.2. The molecule has 3 rings (SSSR count). The second kappa shape index (κ2) is 9.55. The number of benzene rings is 2. The maximum absolute atomic E-state index is 13.6. The molecule has 0 aliphatic rings. The summed E-state index contributed by atoms with van der Waals surface area (Å²) in [5.41, 5.74) is 2.13. The van der Waals surface area contributed by atoms with Crippen molar-refractivity contribution in [1.82, 2.24) is 9.29 Å². The van der Waals surface area contributed by atoms with Gasteiger partial charge in [0.1, 0.15) is 16.5 Å². The average molecular weight is 475 g/mol. The lowest BCUT2D eigenvalue weighted by molar-refractivity contribution is 0.0474. The van der Waals surface area contributed by atoms with Gasteiger partial charge in [-0.1, -0.05) is 6.07 Å². The molecule has 0 amide bonds. The number of ether oxygens (including phenoxy) is 2. The molecular formula is C23H23FN2O6S. The summed E-state index contributed by atoms with van der Waals surface area (Å²) in [5.74, 6) is -1.66. The number of Topliss-reactive ketones (excluding diaryl/α,β-unsaturated/α-hetero) is 1. The van der Waals surface area contributed by atoms with Crippen molar-refractivity contribution < 1.29 is 31.9 Å². The van der Waals surface area contributed by atoms with Crippen molar-refractivity contribution in [3.8, 4) is 11.4 Å². The van der Waals surface area contributed by atoms with Crippen molar-refractivity contribution in [2.75, 3.05) is 20.8 Å². The van der Waals surface area contributed by atoms with Crippen LogP contribution < -0.4 is 9.46 Å². The number of ketones is 1. The van der Waals surface area contributed by atoms with Crippen LogP contribution in [0.4, 0.5) is 4.39 Å². The fraction of sp³-hybridized carbons (Fsp3) is 0.217. The van der Waals surface area contributed by atoms with E-state index < -0.39 is 34.2 Å². The Kier molecular flexibility index (Phi) is 6.99. The third-order valence-corrected chi connectivity index (χ3v) is 6.53. The number of carbonyl (C=O) groups is 2. The van der Waals surface area contributed by atoms with Crippen LogP contribution in [0.1, 0.15) is 32.1 Å². The summed E-state index contributed by atoms with van der Waals surface area (Å²) in [5, 5.41) is 0. The van der Waals surface area contributed by atoms with Gasteiger partial charge in [0.2, 0.25) is 15.8 Å². The van der Waals surface area contributed by atoms with Crippen LogP contribution in [0, 0.1) is 19.7 Å². The van der Waals surface area contributed by atoms with E-state index in [2.05, 4.69) is 4.72 Å². The van der Waals surface area contributed by atoms with E-state index in [0.717, 1.165) is 6.07 Å². The molecule has 0 fully saturated rings. The van der Waals surface area contributed by atoms with Gasteiger partial charge < -0.3 is 14.0 Å². The molecular weight excluding hydrogens is 451 g/mol. The fourth-order valence-electron chi connectivity index (χ4n) is 3.47. The van der Waals surface area contributed by atoms with Crippen molar-refractivity contribution in [2.24, 2.45) is 0 Å². The Hall–Kier alpha value is -3.50. The molecule has 0 unspecified atom stereocenters. The van der Waals surface area contributed by atoms with Crippen molar-refractivity contribution in [2.45, 2.75) is 18.7 Å². The summed E-state index contributed by atoms with van der Waals surface area (Å²) in [6.45, 7) is 2.94. The summed E-state index contributed by atoms with van der Waals surface area (Å²) in [6.07, 6.45) is 0. The molecule has 3 aromatic rings. The largest absolute Gasteiger partial charge is 0.495 e. The lowest BCUT2D eigenvalue weighted by Crippen LogP contribution is -2.20. The Morgan fingerprint density at radius 1 is 1.09 bits per heavy atom. The number of nitrogens with zero attached hydrogens (tertiary/aromatic N) is 1. The molecule has 10 heteroatoms. The predicted octanol–water partition coefficient (Wildman–Crippen LogP) is 3.19. The quantitative estimate of drug-likeness (QED) is 0.397. The van der Waals surface area contributed by atoms with Crippen LogP contribution in [0.2, 0.25) is 0 Å². The number of methoxy groups -OCH3 is 1. The monoisotopic (exact) mass is 474 g/mol. The molecule has 1 aromatic heterocycles. The zero-order valence-corrected chi connectivity index (χ0v) is 19.3. The van der Waals surface area contributed by atoms with Gasteiger partial charge in [-0.05, 0) is 63.4 Å². The second-order valence-electron chi connectivity index (χ2n) is 7.17. The van der Waals surface area contributed by atoms with Gasteiger partial charge in [-0.15, -0.1) is 0 Å². The van der Waals surface area contributed by atoms with Crippen LogP contribution in [-0.4, -0.2) is 45.5 Å². The summed E-state index contributed by atoms with van der Waals surface area (Å²) in [4.78, 5) is 25.0. The molecule has 33 heavy (non-hydrogen) atoms. The van der Waals surface area contributed by atoms with Crippen LogP contribution in [-0.2, 0) is 14.8 Å². The first-order valence-corrected chi connectivity index (χ1v) is 11.3. The van der Waals surface area contributed by atoms with E-state index in [0.29, 0.717) is 22.6 Å². The van der Waals surface area contributed by atoms with Crippen molar-refractivity contribution in [3.63, 3.8) is 0 Å². The van der Waals surface area contributed by atoms with E-state index in [9.17, 15) is 22.4 Å². The molecule has 0 saturated carbocycles. The lowest BCUT2D eigenvalue weighted by Gasteiger charge is -2.11. The van der Waals surface area contributed by atoms with E-state index in [1.54, 1.807) is 36.6 Å². The normalized spacial score (nSPS) is 11.3. The Morgan fingerprint density at radius 2 is 1.82 bits per heavy atom. The van der Waals surface area contributed by atoms with Crippen molar-refractivity contribution in [1.29, 1.82) is 0 Å². The molecule has 1 N–H and O–H groups in total. The topological polar surface area (TPSA) is 104 Å². The number of aromatic nitrogens is 1. The van der Waals surface area contributed by atoms with Crippen molar-refractivity contribution in [3.05, 3.63) is 76.9 Å². The first-order valence-electron chi connectivity index (χ1n) is 9.86. The highest BCUT2D eigenvalue weighted by Crippen LogP contribution is 2.25. The number of rotatable bonds is 8. The van der Waals surface area contributed by atoms with Gasteiger partial charge in [0, 0.05) is 22.6 Å². The third kappa shape index (κ3) is 4.96. The molecule has 1 heterocycles. The van der Waals surface area contributed by atoms with Gasteiger partial charge in [0.15, 0.2) is 6.61 Å². The first-order chi connectivity index (χ1) is 15.6. The summed E-state index contributed by atoms with van der Waals surface area (Å²) in [7, 11) is -1.35. The van der Waals surface area contributed by atoms with Crippen LogP contribution >= 0.6 is 0 Å². The van der Waals surface area contributed by atoms with Crippen LogP contribution in [0.5, 0.6) is 5.75 Å². The Bertz CT molecular complexity index is 1330. The molecule has 0 aliphatic carbocycles. The maximum atomic E-state index is 13.6. The van der Waals surface area contributed by atoms with E-state index in [1.807, 2.05) is 0 Å². The zero-order chi connectivity index (χ0) is 24.3. The van der Waals surface area contributed by atoms with Gasteiger partial charge in [0.05, 0.1) is 12.7 Å². The molecule has 0 saturated heterocycles. The number of nitrogens with one attached hydrogen (secondary N) is 1. The SMILES string of the molecule is CNS(=O)(=O)c1cc(C(=O)OCC(=O)c2cc(C)n(-c3cccc(F)c3)c2C)ccc1OC. The second-order valence-corrected chi connectivity index (χ2v) is 9.03. The molecule has 2 aromatic carbocycles. The molecule has 0 aliphatic heterocycles. The zero-order valence-electron chi connectivity index (χ0n) is 18.5. The van der Waals surface area contributed by atoms with Gasteiger partial charge >= 0.3 is 5.97 Å². The Labute approximate surface area is 191 Å². The van der Waals surface area contributed by atoms with E-state index >= 15 is 0 Å². The molecule has 174 valence electrons. The van der Waals surface area contributed by atoms with Gasteiger partial charge in [-0.3, -0.25) is 4.79 Å². The Morgan fingerprint density at radius 3 is 2.45 bits per heavy atom. The number of halogens is 1. The summed E-state index contributed by atoms with van der Waals surface area (Å²) >= 11 is 0. The highest BCUT2D eigenvalue weighted by Gasteiger charge is 2.22. The van der Waals surface area contributed by atoms with E-state index in [4.69, 9.17) is 9.47 Å². The highest BCUT2D eigenvalue weighted by molar-refractivity contribution is 7.89. The number of carbonyl (C=O) groups excluding carboxylic acids is 2. The minimum atomic E-state index is -3.89. The Balaban J connectivity index is 1.80. The maximum Gasteiger partial charge on any atom is 0.338 e. The standard InChI is InChI=1S/C23H23FN2O6S/c1-14-10-19(15(2)26(14)18-7-5-6-17(24)12-18)20(27)13-32-23(28)16-8-9-21(31-4)22(11-16)33(29,30)25-3/h5-12,25H,13H2,1-4H3. The first kappa shape index (κ1) is 24.1. The number of hydrogen-bond donors (Lipinski definition) is 1. The van der Waals surface area contributed by atoms with E-state index in [-0.39, 0.29) is 16.2 Å². The van der Waals surface area contributed by atoms with Crippen LogP contribution in [0.25, 0.3) is 5.69 Å². The minimum Gasteiger partial charge on any atom is -0.495 e. The molecule has 8 nitrogen and oxygen atoms in total. The molecule has 0 radical (unpaired) electrons. The number of esters is 1. The molecule has 0 atom stereocenters. The number of hydrogen-bond acceptors (Lipinski definition) is 6. The molecule has 0 spiro atoms. The average Bonchev–Trinajstić information content (AvgIpc) is 3.10. The fourth-order valence-corrected chi connectivity index (χ4v) is 4.39. The summed E-state index contributed by atoms with van der Waals surface area (Å²) in [6, 6.07) is 11.4. The minimum absolute atomic E-state index is 0.0531. The predicted molar refractivity (Wildman–Crippen MR) is 119 cm³/mol. The third-order valence-electron chi connectivity index (χ3n) is 5.09. The number of aryl methyl sites for hydroxylation is 1. The lowest BCUT2D eigenvalue weighted by atomic mass is 10.1. The smallest absolute Gasteiger partial charge is 0.338 e. The van der Waals surface area contributed by atoms with Crippen LogP contribution in [0.15, 0.2) is 53.4 Å². The number of sulfonamides is 1. The molecule has 0 bridgehead atoms.